The van der Waals surface area contributed by atoms with Gasteiger partial charge in [-0.15, -0.1) is 0 Å². The molecule has 0 aliphatic heterocycles. The van der Waals surface area contributed by atoms with E-state index in [1.165, 1.54) is 6.42 Å². The maximum atomic E-state index is 11.3. The van der Waals surface area contributed by atoms with Gasteiger partial charge >= 0.3 is 0 Å². The molecule has 0 saturated heterocycles. The van der Waals surface area contributed by atoms with Crippen molar-refractivity contribution >= 4 is 9.84 Å². The summed E-state index contributed by atoms with van der Waals surface area (Å²) in [6.07, 6.45) is 4.34. The zero-order valence-corrected chi connectivity index (χ0v) is 11.2. The number of aliphatic hydroxyl groups excluding tert-OH is 1. The van der Waals surface area contributed by atoms with Crippen molar-refractivity contribution < 1.29 is 13.5 Å². The van der Waals surface area contributed by atoms with E-state index in [4.69, 9.17) is 0 Å². The first-order chi connectivity index (χ1) is 7.44. The summed E-state index contributed by atoms with van der Waals surface area (Å²) < 4.78 is 22.5. The second-order valence-corrected chi connectivity index (χ2v) is 7.60. The van der Waals surface area contributed by atoms with E-state index in [1.54, 1.807) is 6.92 Å². The minimum Gasteiger partial charge on any atom is -0.393 e. The van der Waals surface area contributed by atoms with Crippen molar-refractivity contribution in [3.05, 3.63) is 0 Å². The minimum absolute atomic E-state index is 0.212. The predicted octanol–water partition coefficient (Wildman–Crippen LogP) is 2.00. The summed E-state index contributed by atoms with van der Waals surface area (Å²) in [6, 6.07) is 0. The molecule has 1 fully saturated rings. The Labute approximate surface area is 99.2 Å². The molecule has 3 nitrogen and oxygen atoms in total. The van der Waals surface area contributed by atoms with Gasteiger partial charge in [-0.25, -0.2) is 8.42 Å². The molecule has 96 valence electrons. The van der Waals surface area contributed by atoms with Crippen LogP contribution in [0.3, 0.4) is 0 Å². The molecule has 0 aromatic rings. The molecule has 0 aromatic heterocycles. The van der Waals surface area contributed by atoms with Gasteiger partial charge in [0.2, 0.25) is 0 Å². The van der Waals surface area contributed by atoms with Crippen LogP contribution in [0.5, 0.6) is 0 Å². The SMILES string of the molecule is CCS(=O)(=O)CCCC(O)C1CCC(C)C1. The Hall–Kier alpha value is -0.0900. The molecule has 0 amide bonds. The average molecular weight is 248 g/mol. The van der Waals surface area contributed by atoms with Gasteiger partial charge in [0, 0.05) is 5.75 Å². The third-order valence-electron chi connectivity index (χ3n) is 3.67. The van der Waals surface area contributed by atoms with Crippen molar-refractivity contribution in [3.63, 3.8) is 0 Å². The van der Waals surface area contributed by atoms with Gasteiger partial charge in [-0.05, 0) is 37.5 Å². The maximum absolute atomic E-state index is 11.3. The van der Waals surface area contributed by atoms with Crippen LogP contribution in [-0.2, 0) is 9.84 Å². The van der Waals surface area contributed by atoms with Crippen molar-refractivity contribution in [2.24, 2.45) is 11.8 Å². The van der Waals surface area contributed by atoms with E-state index in [1.807, 2.05) is 0 Å². The second-order valence-electron chi connectivity index (χ2n) is 5.12. The van der Waals surface area contributed by atoms with E-state index in [0.29, 0.717) is 18.8 Å². The molecule has 0 bridgehead atoms. The van der Waals surface area contributed by atoms with Crippen LogP contribution in [0.15, 0.2) is 0 Å². The number of rotatable bonds is 6. The molecule has 0 spiro atoms. The number of sulfone groups is 1. The summed E-state index contributed by atoms with van der Waals surface area (Å²) in [6.45, 7) is 3.89. The van der Waals surface area contributed by atoms with Crippen LogP contribution < -0.4 is 0 Å². The smallest absolute Gasteiger partial charge is 0.150 e. The summed E-state index contributed by atoms with van der Waals surface area (Å²) >= 11 is 0. The fraction of sp³-hybridized carbons (Fsp3) is 1.00. The van der Waals surface area contributed by atoms with Crippen LogP contribution in [0.2, 0.25) is 0 Å². The van der Waals surface area contributed by atoms with E-state index in [0.717, 1.165) is 18.8 Å². The van der Waals surface area contributed by atoms with Crippen LogP contribution in [0, 0.1) is 11.8 Å². The van der Waals surface area contributed by atoms with Gasteiger partial charge in [0.25, 0.3) is 0 Å². The third-order valence-corrected chi connectivity index (χ3v) is 5.46. The minimum atomic E-state index is -2.86. The quantitative estimate of drug-likeness (QED) is 0.782. The van der Waals surface area contributed by atoms with Gasteiger partial charge < -0.3 is 5.11 Å². The largest absolute Gasteiger partial charge is 0.393 e. The summed E-state index contributed by atoms with van der Waals surface area (Å²) in [5.74, 6) is 1.56. The maximum Gasteiger partial charge on any atom is 0.150 e. The first kappa shape index (κ1) is 14.0. The molecule has 4 heteroatoms. The fourth-order valence-corrected chi connectivity index (χ4v) is 3.39. The summed E-state index contributed by atoms with van der Waals surface area (Å²) in [5.41, 5.74) is 0. The molecule has 1 saturated carbocycles. The van der Waals surface area contributed by atoms with Crippen molar-refractivity contribution in [2.45, 2.75) is 52.1 Å². The highest BCUT2D eigenvalue weighted by atomic mass is 32.2. The molecule has 1 aliphatic carbocycles. The molecule has 16 heavy (non-hydrogen) atoms. The van der Waals surface area contributed by atoms with Crippen molar-refractivity contribution in [2.75, 3.05) is 11.5 Å². The van der Waals surface area contributed by atoms with Gasteiger partial charge in [-0.2, -0.15) is 0 Å². The van der Waals surface area contributed by atoms with Crippen molar-refractivity contribution in [3.8, 4) is 0 Å². The molecular formula is C12H24O3S. The van der Waals surface area contributed by atoms with Crippen molar-refractivity contribution in [1.82, 2.24) is 0 Å². The van der Waals surface area contributed by atoms with Gasteiger partial charge in [0.05, 0.1) is 11.9 Å². The van der Waals surface area contributed by atoms with E-state index >= 15 is 0 Å². The van der Waals surface area contributed by atoms with Crippen LogP contribution in [0.25, 0.3) is 0 Å². The van der Waals surface area contributed by atoms with Gasteiger partial charge in [0.1, 0.15) is 9.84 Å². The molecule has 1 aliphatic rings. The number of hydrogen-bond acceptors (Lipinski definition) is 3. The van der Waals surface area contributed by atoms with Crippen LogP contribution in [0.1, 0.15) is 46.0 Å². The number of hydrogen-bond donors (Lipinski definition) is 1. The lowest BCUT2D eigenvalue weighted by molar-refractivity contribution is 0.0995. The lowest BCUT2D eigenvalue weighted by Crippen LogP contribution is -2.19. The normalized spacial score (nSPS) is 28.2. The van der Waals surface area contributed by atoms with E-state index in [9.17, 15) is 13.5 Å². The average Bonchev–Trinajstić information content (AvgIpc) is 2.64. The van der Waals surface area contributed by atoms with Crippen LogP contribution >= 0.6 is 0 Å². The Bertz CT molecular complexity index is 297. The Morgan fingerprint density at radius 3 is 2.56 bits per heavy atom. The monoisotopic (exact) mass is 248 g/mol. The zero-order chi connectivity index (χ0) is 12.2. The van der Waals surface area contributed by atoms with Gasteiger partial charge in [-0.3, -0.25) is 0 Å². The molecule has 1 N–H and O–H groups in total. The van der Waals surface area contributed by atoms with Crippen LogP contribution in [-0.4, -0.2) is 31.1 Å². The Morgan fingerprint density at radius 2 is 2.06 bits per heavy atom. The molecule has 0 radical (unpaired) electrons. The zero-order valence-electron chi connectivity index (χ0n) is 10.4. The van der Waals surface area contributed by atoms with E-state index in [-0.39, 0.29) is 17.6 Å². The Kier molecular flexibility index (Phi) is 5.25. The highest BCUT2D eigenvalue weighted by Gasteiger charge is 2.27. The van der Waals surface area contributed by atoms with Crippen LogP contribution in [0.4, 0.5) is 0 Å². The number of aliphatic hydroxyl groups is 1. The Balaban J connectivity index is 2.23. The first-order valence-electron chi connectivity index (χ1n) is 6.33. The van der Waals surface area contributed by atoms with Gasteiger partial charge in [0.15, 0.2) is 0 Å². The molecular weight excluding hydrogens is 224 g/mol. The van der Waals surface area contributed by atoms with Gasteiger partial charge in [-0.1, -0.05) is 20.3 Å². The third kappa shape index (κ3) is 4.42. The fourth-order valence-electron chi connectivity index (χ4n) is 2.49. The lowest BCUT2D eigenvalue weighted by atomic mass is 9.96. The standard InChI is InChI=1S/C12H24O3S/c1-3-16(14,15)8-4-5-12(13)11-7-6-10(2)9-11/h10-13H,3-9H2,1-2H3. The molecule has 3 atom stereocenters. The highest BCUT2D eigenvalue weighted by molar-refractivity contribution is 7.91. The Morgan fingerprint density at radius 1 is 1.38 bits per heavy atom. The topological polar surface area (TPSA) is 54.4 Å². The summed E-state index contributed by atoms with van der Waals surface area (Å²) in [5, 5.41) is 9.94. The molecule has 0 heterocycles. The highest BCUT2D eigenvalue weighted by Crippen LogP contribution is 2.33. The summed E-state index contributed by atoms with van der Waals surface area (Å²) in [4.78, 5) is 0. The first-order valence-corrected chi connectivity index (χ1v) is 8.15. The predicted molar refractivity (Wildman–Crippen MR) is 66.1 cm³/mol. The van der Waals surface area contributed by atoms with E-state index in [2.05, 4.69) is 6.92 Å². The van der Waals surface area contributed by atoms with Crippen molar-refractivity contribution in [1.29, 1.82) is 0 Å². The summed E-state index contributed by atoms with van der Waals surface area (Å²) in [7, 11) is -2.86. The molecule has 0 aromatic carbocycles. The molecule has 3 unspecified atom stereocenters. The molecule has 1 rings (SSSR count). The van der Waals surface area contributed by atoms with E-state index < -0.39 is 9.84 Å². The second kappa shape index (κ2) is 6.01. The lowest BCUT2D eigenvalue weighted by Gasteiger charge is -2.17.